The molecule has 0 saturated carbocycles. The minimum absolute atomic E-state index is 0.878. The number of benzene rings is 1. The Morgan fingerprint density at radius 1 is 1.27 bits per heavy atom. The first-order valence-corrected chi connectivity index (χ1v) is 5.20. The summed E-state index contributed by atoms with van der Waals surface area (Å²) in [4.78, 5) is 0. The van der Waals surface area contributed by atoms with Crippen LogP contribution in [-0.4, -0.2) is 16.3 Å². The summed E-state index contributed by atoms with van der Waals surface area (Å²) in [7, 11) is 0. The maximum atomic E-state index is 4.32. The van der Waals surface area contributed by atoms with E-state index < -0.39 is 0 Å². The largest absolute Gasteiger partial charge is 0.313 e. The van der Waals surface area contributed by atoms with Crippen LogP contribution < -0.4 is 5.32 Å². The molecule has 2 aromatic rings. The van der Waals surface area contributed by atoms with E-state index in [0.29, 0.717) is 0 Å². The van der Waals surface area contributed by atoms with Gasteiger partial charge in [0.25, 0.3) is 0 Å². The summed E-state index contributed by atoms with van der Waals surface area (Å²) in [6.07, 6.45) is 3.95. The number of hydrogen-bond acceptors (Lipinski definition) is 2. The molecule has 0 spiro atoms. The molecule has 78 valence electrons. The van der Waals surface area contributed by atoms with Gasteiger partial charge in [0.1, 0.15) is 0 Å². The molecule has 0 aliphatic carbocycles. The zero-order valence-corrected chi connectivity index (χ0v) is 8.85. The molecule has 0 saturated heterocycles. The Labute approximate surface area is 89.7 Å². The highest BCUT2D eigenvalue weighted by atomic mass is 15.3. The number of para-hydroxylation sites is 1. The molecule has 0 atom stereocenters. The van der Waals surface area contributed by atoms with Gasteiger partial charge in [-0.2, -0.15) is 5.10 Å². The van der Waals surface area contributed by atoms with Crippen molar-refractivity contribution in [3.63, 3.8) is 0 Å². The minimum Gasteiger partial charge on any atom is -0.313 e. The van der Waals surface area contributed by atoms with Gasteiger partial charge in [0.05, 0.1) is 11.9 Å². The molecule has 0 fully saturated rings. The van der Waals surface area contributed by atoms with E-state index in [1.807, 2.05) is 41.2 Å². The zero-order valence-electron chi connectivity index (χ0n) is 8.85. The van der Waals surface area contributed by atoms with E-state index >= 15 is 0 Å². The molecule has 0 unspecified atom stereocenters. The molecule has 3 heteroatoms. The standard InChI is InChI=1S/C12H15N3/c1-2-13-8-11-9-14-15(10-11)12-6-4-3-5-7-12/h3-7,9-10,13H,2,8H2,1H3. The molecule has 3 nitrogen and oxygen atoms in total. The highest BCUT2D eigenvalue weighted by Crippen LogP contribution is 2.07. The fraction of sp³-hybridized carbons (Fsp3) is 0.250. The second kappa shape index (κ2) is 4.75. The number of hydrogen-bond donors (Lipinski definition) is 1. The SMILES string of the molecule is CCNCc1cnn(-c2ccccc2)c1. The Bertz CT molecular complexity index is 406. The molecule has 1 N–H and O–H groups in total. The van der Waals surface area contributed by atoms with E-state index in [9.17, 15) is 0 Å². The lowest BCUT2D eigenvalue weighted by atomic mass is 10.3. The van der Waals surface area contributed by atoms with Gasteiger partial charge in [0.2, 0.25) is 0 Å². The third-order valence-corrected chi connectivity index (χ3v) is 2.24. The number of aromatic nitrogens is 2. The van der Waals surface area contributed by atoms with Gasteiger partial charge in [-0.05, 0) is 18.7 Å². The average Bonchev–Trinajstić information content (AvgIpc) is 2.76. The first-order chi connectivity index (χ1) is 7.40. The molecule has 0 radical (unpaired) electrons. The van der Waals surface area contributed by atoms with E-state index in [1.54, 1.807) is 0 Å². The highest BCUT2D eigenvalue weighted by Gasteiger charge is 1.98. The average molecular weight is 201 g/mol. The predicted molar refractivity (Wildman–Crippen MR) is 60.9 cm³/mol. The van der Waals surface area contributed by atoms with E-state index in [0.717, 1.165) is 18.8 Å². The predicted octanol–water partition coefficient (Wildman–Crippen LogP) is 1.98. The van der Waals surface area contributed by atoms with Gasteiger partial charge >= 0.3 is 0 Å². The summed E-state index contributed by atoms with van der Waals surface area (Å²) < 4.78 is 1.90. The van der Waals surface area contributed by atoms with Crippen LogP contribution in [-0.2, 0) is 6.54 Å². The van der Waals surface area contributed by atoms with Crippen molar-refractivity contribution in [1.82, 2.24) is 15.1 Å². The van der Waals surface area contributed by atoms with Crippen LogP contribution in [0.15, 0.2) is 42.7 Å². The topological polar surface area (TPSA) is 29.9 Å². The van der Waals surface area contributed by atoms with Gasteiger partial charge in [-0.25, -0.2) is 4.68 Å². The van der Waals surface area contributed by atoms with Gasteiger partial charge in [0.15, 0.2) is 0 Å². The fourth-order valence-corrected chi connectivity index (χ4v) is 1.44. The van der Waals surface area contributed by atoms with Crippen molar-refractivity contribution in [1.29, 1.82) is 0 Å². The molecule has 0 bridgehead atoms. The monoisotopic (exact) mass is 201 g/mol. The molecule has 0 aliphatic rings. The molecule has 1 aromatic heterocycles. The van der Waals surface area contributed by atoms with E-state index in [4.69, 9.17) is 0 Å². The Hall–Kier alpha value is -1.61. The number of rotatable bonds is 4. The highest BCUT2D eigenvalue weighted by molar-refractivity contribution is 5.30. The van der Waals surface area contributed by atoms with Gasteiger partial charge < -0.3 is 5.32 Å². The van der Waals surface area contributed by atoms with Gasteiger partial charge in [-0.15, -0.1) is 0 Å². The van der Waals surface area contributed by atoms with Gasteiger partial charge in [-0.3, -0.25) is 0 Å². The molecular weight excluding hydrogens is 186 g/mol. The first-order valence-electron chi connectivity index (χ1n) is 5.20. The van der Waals surface area contributed by atoms with Crippen molar-refractivity contribution in [2.45, 2.75) is 13.5 Å². The minimum atomic E-state index is 0.878. The molecule has 0 amide bonds. The van der Waals surface area contributed by atoms with Crippen LogP contribution in [0.4, 0.5) is 0 Å². The van der Waals surface area contributed by atoms with Crippen molar-refractivity contribution < 1.29 is 0 Å². The van der Waals surface area contributed by atoms with Crippen LogP contribution in [0.3, 0.4) is 0 Å². The molecule has 1 heterocycles. The Kier molecular flexibility index (Phi) is 3.15. The summed E-state index contributed by atoms with van der Waals surface area (Å²) in [6, 6.07) is 10.1. The summed E-state index contributed by atoms with van der Waals surface area (Å²) in [6.45, 7) is 3.96. The summed E-state index contributed by atoms with van der Waals surface area (Å²) in [5, 5.41) is 7.59. The Morgan fingerprint density at radius 2 is 2.07 bits per heavy atom. The third-order valence-electron chi connectivity index (χ3n) is 2.24. The maximum Gasteiger partial charge on any atom is 0.0645 e. The van der Waals surface area contributed by atoms with E-state index in [2.05, 4.69) is 23.5 Å². The van der Waals surface area contributed by atoms with Gasteiger partial charge in [-0.1, -0.05) is 25.1 Å². The molecule has 0 aliphatic heterocycles. The lowest BCUT2D eigenvalue weighted by Crippen LogP contribution is -2.10. The third kappa shape index (κ3) is 2.44. The molecule has 15 heavy (non-hydrogen) atoms. The summed E-state index contributed by atoms with van der Waals surface area (Å²) in [5.74, 6) is 0. The van der Waals surface area contributed by atoms with Crippen molar-refractivity contribution in [3.8, 4) is 5.69 Å². The first kappa shape index (κ1) is 9.93. The Morgan fingerprint density at radius 3 is 2.80 bits per heavy atom. The zero-order chi connectivity index (χ0) is 10.5. The summed E-state index contributed by atoms with van der Waals surface area (Å²) in [5.41, 5.74) is 2.31. The summed E-state index contributed by atoms with van der Waals surface area (Å²) >= 11 is 0. The number of nitrogens with one attached hydrogen (secondary N) is 1. The van der Waals surface area contributed by atoms with Crippen LogP contribution in [0.2, 0.25) is 0 Å². The molecular formula is C12H15N3. The lowest BCUT2D eigenvalue weighted by Gasteiger charge is -1.99. The van der Waals surface area contributed by atoms with Crippen LogP contribution in [0.25, 0.3) is 5.69 Å². The molecule has 2 rings (SSSR count). The van der Waals surface area contributed by atoms with Crippen LogP contribution in [0.1, 0.15) is 12.5 Å². The normalized spacial score (nSPS) is 10.5. The van der Waals surface area contributed by atoms with Crippen molar-refractivity contribution in [3.05, 3.63) is 48.3 Å². The Balaban J connectivity index is 2.14. The lowest BCUT2D eigenvalue weighted by molar-refractivity contribution is 0.726. The second-order valence-corrected chi connectivity index (χ2v) is 3.41. The quantitative estimate of drug-likeness (QED) is 0.819. The molecule has 1 aromatic carbocycles. The fourth-order valence-electron chi connectivity index (χ4n) is 1.44. The van der Waals surface area contributed by atoms with E-state index in [1.165, 1.54) is 5.56 Å². The number of nitrogens with zero attached hydrogens (tertiary/aromatic N) is 2. The maximum absolute atomic E-state index is 4.32. The van der Waals surface area contributed by atoms with Crippen molar-refractivity contribution in [2.24, 2.45) is 0 Å². The van der Waals surface area contributed by atoms with Crippen LogP contribution in [0.5, 0.6) is 0 Å². The van der Waals surface area contributed by atoms with Crippen LogP contribution >= 0.6 is 0 Å². The van der Waals surface area contributed by atoms with Crippen molar-refractivity contribution >= 4 is 0 Å². The van der Waals surface area contributed by atoms with Crippen LogP contribution in [0, 0.1) is 0 Å². The second-order valence-electron chi connectivity index (χ2n) is 3.41. The van der Waals surface area contributed by atoms with E-state index in [-0.39, 0.29) is 0 Å². The van der Waals surface area contributed by atoms with Gasteiger partial charge in [0, 0.05) is 18.3 Å². The van der Waals surface area contributed by atoms with Crippen molar-refractivity contribution in [2.75, 3.05) is 6.54 Å². The smallest absolute Gasteiger partial charge is 0.0645 e.